The summed E-state index contributed by atoms with van der Waals surface area (Å²) < 4.78 is 5.14. The van der Waals surface area contributed by atoms with Gasteiger partial charge in [0.25, 0.3) is 0 Å². The van der Waals surface area contributed by atoms with Crippen molar-refractivity contribution in [3.63, 3.8) is 0 Å². The maximum Gasteiger partial charge on any atom is 0.242 e. The molecule has 27 heavy (non-hydrogen) atoms. The molecule has 0 aliphatic heterocycles. The fourth-order valence-corrected chi connectivity index (χ4v) is 2.45. The molecule has 0 spiro atoms. The van der Waals surface area contributed by atoms with E-state index < -0.39 is 0 Å². The van der Waals surface area contributed by atoms with Gasteiger partial charge in [-0.15, -0.1) is 0 Å². The molecule has 2 N–H and O–H groups in total. The van der Waals surface area contributed by atoms with Crippen molar-refractivity contribution in [1.29, 1.82) is 0 Å². The minimum atomic E-state index is -0.345. The largest absolute Gasteiger partial charge is 0.339 e. The molecule has 0 aliphatic carbocycles. The normalized spacial score (nSPS) is 10.4. The van der Waals surface area contributed by atoms with Crippen LogP contribution in [0.15, 0.2) is 59.1 Å². The Kier molecular flexibility index (Phi) is 6.17. The van der Waals surface area contributed by atoms with E-state index in [4.69, 9.17) is 16.1 Å². The first-order valence-corrected chi connectivity index (χ1v) is 8.68. The van der Waals surface area contributed by atoms with Crippen LogP contribution in [0.2, 0.25) is 5.02 Å². The number of aromatic nitrogens is 2. The number of nitrogens with one attached hydrogen (secondary N) is 2. The second-order valence-electron chi connectivity index (χ2n) is 5.78. The second-order valence-corrected chi connectivity index (χ2v) is 6.21. The van der Waals surface area contributed by atoms with Gasteiger partial charge in [0.1, 0.15) is 0 Å². The van der Waals surface area contributed by atoms with Gasteiger partial charge >= 0.3 is 0 Å². The van der Waals surface area contributed by atoms with Crippen molar-refractivity contribution in [2.24, 2.45) is 0 Å². The molecule has 0 unspecified atom stereocenters. The molecule has 1 heterocycles. The highest BCUT2D eigenvalue weighted by Crippen LogP contribution is 2.18. The van der Waals surface area contributed by atoms with Gasteiger partial charge in [-0.3, -0.25) is 20.4 Å². The van der Waals surface area contributed by atoms with Crippen LogP contribution in [-0.2, 0) is 22.4 Å². The van der Waals surface area contributed by atoms with Crippen molar-refractivity contribution in [3.05, 3.63) is 71.1 Å². The first-order chi connectivity index (χ1) is 13.1. The van der Waals surface area contributed by atoms with Crippen molar-refractivity contribution in [3.8, 4) is 11.4 Å². The van der Waals surface area contributed by atoms with Gasteiger partial charge in [-0.25, -0.2) is 0 Å². The van der Waals surface area contributed by atoms with E-state index >= 15 is 0 Å². The third kappa shape index (κ3) is 5.65. The van der Waals surface area contributed by atoms with E-state index in [1.165, 1.54) is 0 Å². The SMILES string of the molecule is O=C(CCc1nc(-c2ccc(Cl)cc2)no1)NNC(=O)Cc1ccccc1. The molecule has 0 aliphatic rings. The number of carbonyl (C=O) groups excluding carboxylic acids is 2. The Morgan fingerprint density at radius 3 is 2.41 bits per heavy atom. The Morgan fingerprint density at radius 2 is 1.67 bits per heavy atom. The molecular weight excluding hydrogens is 368 g/mol. The van der Waals surface area contributed by atoms with Crippen LogP contribution in [0.5, 0.6) is 0 Å². The number of rotatable bonds is 6. The standard InChI is InChI=1S/C19H17ClN4O3/c20-15-8-6-14(7-9-15)19-21-18(27-24-19)11-10-16(25)22-23-17(26)12-13-4-2-1-3-5-13/h1-9H,10-12H2,(H,22,25)(H,23,26). The van der Waals surface area contributed by atoms with Gasteiger partial charge < -0.3 is 4.52 Å². The zero-order valence-electron chi connectivity index (χ0n) is 14.3. The van der Waals surface area contributed by atoms with Gasteiger partial charge in [-0.2, -0.15) is 4.98 Å². The average molecular weight is 385 g/mol. The zero-order chi connectivity index (χ0) is 19.1. The second kappa shape index (κ2) is 8.95. The lowest BCUT2D eigenvalue weighted by molar-refractivity contribution is -0.128. The molecule has 3 rings (SSSR count). The van der Waals surface area contributed by atoms with Crippen LogP contribution >= 0.6 is 11.6 Å². The molecule has 8 heteroatoms. The fourth-order valence-electron chi connectivity index (χ4n) is 2.32. The van der Waals surface area contributed by atoms with E-state index in [1.54, 1.807) is 24.3 Å². The van der Waals surface area contributed by atoms with Gasteiger partial charge in [-0.1, -0.05) is 47.1 Å². The Hall–Kier alpha value is -3.19. The predicted molar refractivity (Wildman–Crippen MR) is 99.5 cm³/mol. The maximum atomic E-state index is 11.9. The number of halogens is 1. The molecule has 138 valence electrons. The summed E-state index contributed by atoms with van der Waals surface area (Å²) in [5.74, 6) is 0.129. The number of amides is 2. The summed E-state index contributed by atoms with van der Waals surface area (Å²) in [4.78, 5) is 27.9. The molecule has 2 amide bonds. The number of benzene rings is 2. The first kappa shape index (κ1) is 18.6. The number of hydrogen-bond donors (Lipinski definition) is 2. The monoisotopic (exact) mass is 384 g/mol. The molecule has 0 bridgehead atoms. The lowest BCUT2D eigenvalue weighted by Crippen LogP contribution is -2.42. The zero-order valence-corrected chi connectivity index (χ0v) is 15.1. The van der Waals surface area contributed by atoms with E-state index in [9.17, 15) is 9.59 Å². The minimum absolute atomic E-state index is 0.105. The molecule has 0 atom stereocenters. The Bertz CT molecular complexity index is 910. The van der Waals surface area contributed by atoms with Crippen molar-refractivity contribution in [2.45, 2.75) is 19.3 Å². The van der Waals surface area contributed by atoms with E-state index in [2.05, 4.69) is 21.0 Å². The summed E-state index contributed by atoms with van der Waals surface area (Å²) in [6, 6.07) is 16.3. The first-order valence-electron chi connectivity index (χ1n) is 8.30. The van der Waals surface area contributed by atoms with Crippen LogP contribution in [0.3, 0.4) is 0 Å². The van der Waals surface area contributed by atoms with Gasteiger partial charge in [0.2, 0.25) is 23.5 Å². The van der Waals surface area contributed by atoms with E-state index in [0.29, 0.717) is 16.7 Å². The van der Waals surface area contributed by atoms with Gasteiger partial charge in [0, 0.05) is 23.4 Å². The van der Waals surface area contributed by atoms with Gasteiger partial charge in [0.15, 0.2) is 0 Å². The molecule has 0 saturated carbocycles. The van der Waals surface area contributed by atoms with Crippen LogP contribution in [-0.4, -0.2) is 22.0 Å². The van der Waals surface area contributed by atoms with E-state index in [1.807, 2.05) is 30.3 Å². The fraction of sp³-hybridized carbons (Fsp3) is 0.158. The van der Waals surface area contributed by atoms with Crippen molar-refractivity contribution in [1.82, 2.24) is 21.0 Å². The smallest absolute Gasteiger partial charge is 0.242 e. The van der Waals surface area contributed by atoms with E-state index in [0.717, 1.165) is 11.1 Å². The highest BCUT2D eigenvalue weighted by molar-refractivity contribution is 6.30. The Morgan fingerprint density at radius 1 is 0.963 bits per heavy atom. The predicted octanol–water partition coefficient (Wildman–Crippen LogP) is 2.71. The number of carbonyl (C=O) groups is 2. The molecular formula is C19H17ClN4O3. The van der Waals surface area contributed by atoms with Crippen LogP contribution in [0.4, 0.5) is 0 Å². The number of hydrazine groups is 1. The van der Waals surface area contributed by atoms with Crippen LogP contribution < -0.4 is 10.9 Å². The molecule has 1 aromatic heterocycles. The molecule has 0 fully saturated rings. The lowest BCUT2D eigenvalue weighted by Gasteiger charge is -2.06. The van der Waals surface area contributed by atoms with Crippen molar-refractivity contribution in [2.75, 3.05) is 0 Å². The molecule has 0 radical (unpaired) electrons. The Labute approximate surface area is 160 Å². The highest BCUT2D eigenvalue weighted by Gasteiger charge is 2.11. The van der Waals surface area contributed by atoms with Crippen LogP contribution in [0.25, 0.3) is 11.4 Å². The summed E-state index contributed by atoms with van der Waals surface area (Å²) in [6.07, 6.45) is 0.560. The average Bonchev–Trinajstić information content (AvgIpc) is 3.15. The topological polar surface area (TPSA) is 97.1 Å². The van der Waals surface area contributed by atoms with Crippen molar-refractivity contribution >= 4 is 23.4 Å². The van der Waals surface area contributed by atoms with E-state index in [-0.39, 0.29) is 31.1 Å². The summed E-state index contributed by atoms with van der Waals surface area (Å²) >= 11 is 5.85. The number of hydrogen-bond acceptors (Lipinski definition) is 5. The quantitative estimate of drug-likeness (QED) is 0.637. The third-order valence-corrected chi connectivity index (χ3v) is 3.94. The number of nitrogens with zero attached hydrogens (tertiary/aromatic N) is 2. The molecule has 0 saturated heterocycles. The Balaban J connectivity index is 1.43. The van der Waals surface area contributed by atoms with Gasteiger partial charge in [0.05, 0.1) is 6.42 Å². The molecule has 7 nitrogen and oxygen atoms in total. The summed E-state index contributed by atoms with van der Waals surface area (Å²) in [7, 11) is 0. The molecule has 3 aromatic rings. The summed E-state index contributed by atoms with van der Waals surface area (Å²) in [5, 5.41) is 4.50. The summed E-state index contributed by atoms with van der Waals surface area (Å²) in [5.41, 5.74) is 6.40. The summed E-state index contributed by atoms with van der Waals surface area (Å²) in [6.45, 7) is 0. The van der Waals surface area contributed by atoms with Gasteiger partial charge in [-0.05, 0) is 29.8 Å². The van der Waals surface area contributed by atoms with Crippen LogP contribution in [0, 0.1) is 0 Å². The van der Waals surface area contributed by atoms with Crippen LogP contribution in [0.1, 0.15) is 17.9 Å². The maximum absolute atomic E-state index is 11.9. The molecule has 2 aromatic carbocycles. The highest BCUT2D eigenvalue weighted by atomic mass is 35.5. The lowest BCUT2D eigenvalue weighted by atomic mass is 10.1. The minimum Gasteiger partial charge on any atom is -0.339 e. The number of aryl methyl sites for hydroxylation is 1. The third-order valence-electron chi connectivity index (χ3n) is 3.69. The van der Waals surface area contributed by atoms with Crippen molar-refractivity contribution < 1.29 is 14.1 Å².